The van der Waals surface area contributed by atoms with E-state index in [0.717, 1.165) is 11.1 Å². The summed E-state index contributed by atoms with van der Waals surface area (Å²) >= 11 is 6.06. The number of carbonyl (C=O) groups excluding carboxylic acids is 1. The number of nitrogens with zero attached hydrogens (tertiary/aromatic N) is 3. The predicted octanol–water partition coefficient (Wildman–Crippen LogP) is 3.51. The first kappa shape index (κ1) is 25.4. The lowest BCUT2D eigenvalue weighted by Gasteiger charge is -2.13. The number of nitrogens with two attached hydrogens (primary N) is 1. The first-order valence-corrected chi connectivity index (χ1v) is 12.9. The van der Waals surface area contributed by atoms with Gasteiger partial charge in [-0.3, -0.25) is 9.52 Å². The maximum absolute atomic E-state index is 12.8. The maximum Gasteiger partial charge on any atom is 0.263 e. The summed E-state index contributed by atoms with van der Waals surface area (Å²) in [5.41, 5.74) is 9.50. The Morgan fingerprint density at radius 2 is 1.94 bits per heavy atom. The van der Waals surface area contributed by atoms with Crippen LogP contribution in [0.4, 0.5) is 11.5 Å². The lowest BCUT2D eigenvalue weighted by molar-refractivity contribution is 0.0950. The molecule has 0 saturated heterocycles. The Morgan fingerprint density at radius 3 is 2.67 bits per heavy atom. The zero-order chi connectivity index (χ0) is 25.9. The van der Waals surface area contributed by atoms with E-state index in [0.29, 0.717) is 47.9 Å². The largest absolute Gasteiger partial charge is 0.385 e. The molecular formula is C24H25ClN6O4S. The first-order chi connectivity index (χ1) is 17.2. The van der Waals surface area contributed by atoms with Gasteiger partial charge in [0.1, 0.15) is 16.3 Å². The van der Waals surface area contributed by atoms with Crippen molar-refractivity contribution < 1.29 is 17.9 Å². The molecule has 2 aromatic carbocycles. The van der Waals surface area contributed by atoms with Crippen molar-refractivity contribution >= 4 is 44.7 Å². The number of aryl methyl sites for hydroxylation is 1. The summed E-state index contributed by atoms with van der Waals surface area (Å²) < 4.78 is 34.5. The fraction of sp³-hybridized carbons (Fsp3) is 0.208. The number of methoxy groups -OCH3 is 1. The summed E-state index contributed by atoms with van der Waals surface area (Å²) in [6, 6.07) is 11.3. The third kappa shape index (κ3) is 5.13. The topological polar surface area (TPSA) is 141 Å². The van der Waals surface area contributed by atoms with Gasteiger partial charge in [-0.05, 0) is 48.7 Å². The van der Waals surface area contributed by atoms with Gasteiger partial charge in [0, 0.05) is 37.7 Å². The Balaban J connectivity index is 1.59. The number of hydrogen-bond acceptors (Lipinski definition) is 7. The summed E-state index contributed by atoms with van der Waals surface area (Å²) in [5.74, 6) is -0.00183. The van der Waals surface area contributed by atoms with Crippen LogP contribution in [-0.2, 0) is 14.8 Å². The van der Waals surface area contributed by atoms with Crippen molar-refractivity contribution in [1.29, 1.82) is 0 Å². The van der Waals surface area contributed by atoms with Gasteiger partial charge < -0.3 is 15.8 Å². The summed E-state index contributed by atoms with van der Waals surface area (Å²) in [4.78, 5) is 16.9. The number of rotatable bonds is 9. The molecule has 0 aliphatic rings. The molecule has 1 amide bonds. The van der Waals surface area contributed by atoms with Crippen molar-refractivity contribution in [2.45, 2.75) is 18.2 Å². The molecule has 4 aromatic rings. The van der Waals surface area contributed by atoms with Crippen molar-refractivity contribution in [2.24, 2.45) is 0 Å². The van der Waals surface area contributed by atoms with Crippen molar-refractivity contribution in [3.8, 4) is 11.1 Å². The molecule has 4 rings (SSSR count). The highest BCUT2D eigenvalue weighted by Gasteiger charge is 2.20. The van der Waals surface area contributed by atoms with Crippen LogP contribution >= 0.6 is 11.6 Å². The molecule has 12 heteroatoms. The molecular weight excluding hydrogens is 504 g/mol. The zero-order valence-electron chi connectivity index (χ0n) is 19.7. The van der Waals surface area contributed by atoms with Crippen molar-refractivity contribution in [2.75, 3.05) is 30.7 Å². The number of hydrogen-bond donors (Lipinski definition) is 3. The number of fused-ring (bicyclic) bond motifs is 1. The summed E-state index contributed by atoms with van der Waals surface area (Å²) in [7, 11) is -2.27. The van der Waals surface area contributed by atoms with Gasteiger partial charge in [-0.25, -0.2) is 13.4 Å². The average Bonchev–Trinajstić information content (AvgIpc) is 3.28. The second-order valence-electron chi connectivity index (χ2n) is 8.02. The third-order valence-electron chi connectivity index (χ3n) is 5.51. The fourth-order valence-corrected chi connectivity index (χ4v) is 5.30. The maximum atomic E-state index is 12.8. The van der Waals surface area contributed by atoms with E-state index < -0.39 is 10.0 Å². The Kier molecular flexibility index (Phi) is 7.43. The summed E-state index contributed by atoms with van der Waals surface area (Å²) in [5, 5.41) is 7.19. The monoisotopic (exact) mass is 528 g/mol. The standard InChI is InChI=1S/C24H25ClN6O4S/c1-15-12-16(30-36(33,34)21-7-4-3-6-20(21)25)8-9-17(15)18-13-28-23-19(14-29-31(23)22(18)26)24(32)27-10-5-11-35-2/h3-4,6-9,12-14,30H,5,10-11,26H2,1-2H3,(H,27,32). The van der Waals surface area contributed by atoms with Gasteiger partial charge in [-0.2, -0.15) is 9.61 Å². The van der Waals surface area contributed by atoms with Crippen LogP contribution in [-0.4, -0.2) is 49.2 Å². The molecule has 0 spiro atoms. The number of ether oxygens (including phenoxy) is 1. The fourth-order valence-electron chi connectivity index (χ4n) is 3.73. The molecule has 10 nitrogen and oxygen atoms in total. The number of sulfonamides is 1. The number of nitrogen functional groups attached to an aromatic ring is 1. The van der Waals surface area contributed by atoms with Crippen LogP contribution in [0, 0.1) is 6.92 Å². The first-order valence-electron chi connectivity index (χ1n) is 11.0. The van der Waals surface area contributed by atoms with E-state index >= 15 is 0 Å². The molecule has 0 fully saturated rings. The molecule has 188 valence electrons. The quantitative estimate of drug-likeness (QED) is 0.282. The minimum Gasteiger partial charge on any atom is -0.385 e. The molecule has 36 heavy (non-hydrogen) atoms. The van der Waals surface area contributed by atoms with Crippen LogP contribution in [0.3, 0.4) is 0 Å². The number of nitrogens with one attached hydrogen (secondary N) is 2. The van der Waals surface area contributed by atoms with Crippen LogP contribution in [0.5, 0.6) is 0 Å². The van der Waals surface area contributed by atoms with Crippen LogP contribution in [0.1, 0.15) is 22.3 Å². The zero-order valence-corrected chi connectivity index (χ0v) is 21.2. The van der Waals surface area contributed by atoms with Gasteiger partial charge in [-0.15, -0.1) is 0 Å². The minimum atomic E-state index is -3.87. The number of anilines is 2. The highest BCUT2D eigenvalue weighted by molar-refractivity contribution is 7.92. The summed E-state index contributed by atoms with van der Waals surface area (Å²) in [6.07, 6.45) is 3.68. The van der Waals surface area contributed by atoms with E-state index in [9.17, 15) is 13.2 Å². The lowest BCUT2D eigenvalue weighted by atomic mass is 10.0. The van der Waals surface area contributed by atoms with E-state index in [2.05, 4.69) is 20.1 Å². The van der Waals surface area contributed by atoms with Gasteiger partial charge in [0.2, 0.25) is 0 Å². The molecule has 0 unspecified atom stereocenters. The van der Waals surface area contributed by atoms with Gasteiger partial charge in [0.05, 0.1) is 11.2 Å². The molecule has 0 saturated carbocycles. The SMILES string of the molecule is COCCCNC(=O)c1cnn2c(N)c(-c3ccc(NS(=O)(=O)c4ccccc4Cl)cc3C)cnc12. The number of aromatic nitrogens is 3. The molecule has 0 radical (unpaired) electrons. The third-order valence-corrected chi connectivity index (χ3v) is 7.40. The van der Waals surface area contributed by atoms with E-state index in [4.69, 9.17) is 22.1 Å². The van der Waals surface area contributed by atoms with E-state index in [-0.39, 0.29) is 15.8 Å². The predicted molar refractivity (Wildman–Crippen MR) is 139 cm³/mol. The Morgan fingerprint density at radius 1 is 1.17 bits per heavy atom. The smallest absolute Gasteiger partial charge is 0.263 e. The number of halogens is 1. The van der Waals surface area contributed by atoms with Crippen molar-refractivity contribution in [1.82, 2.24) is 19.9 Å². The normalized spacial score (nSPS) is 11.5. The Labute approximate surface area is 213 Å². The molecule has 0 atom stereocenters. The Hall–Kier alpha value is -3.67. The van der Waals surface area contributed by atoms with Crippen LogP contribution < -0.4 is 15.8 Å². The molecule has 0 aliphatic heterocycles. The van der Waals surface area contributed by atoms with Gasteiger partial charge in [0.25, 0.3) is 15.9 Å². The van der Waals surface area contributed by atoms with Gasteiger partial charge >= 0.3 is 0 Å². The van der Waals surface area contributed by atoms with E-state index in [1.165, 1.54) is 22.8 Å². The number of amides is 1. The molecule has 2 heterocycles. The molecule has 4 N–H and O–H groups in total. The highest BCUT2D eigenvalue weighted by atomic mass is 35.5. The van der Waals surface area contributed by atoms with Gasteiger partial charge in [0.15, 0.2) is 5.65 Å². The second kappa shape index (κ2) is 10.5. The second-order valence-corrected chi connectivity index (χ2v) is 10.1. The van der Waals surface area contributed by atoms with Crippen LogP contribution in [0.25, 0.3) is 16.8 Å². The van der Waals surface area contributed by atoms with Crippen LogP contribution in [0.2, 0.25) is 5.02 Å². The van der Waals surface area contributed by atoms with E-state index in [1.807, 2.05) is 6.92 Å². The molecule has 0 bridgehead atoms. The van der Waals surface area contributed by atoms with Gasteiger partial charge in [-0.1, -0.05) is 29.8 Å². The van der Waals surface area contributed by atoms with Crippen molar-refractivity contribution in [3.05, 3.63) is 71.0 Å². The lowest BCUT2D eigenvalue weighted by Crippen LogP contribution is -2.25. The molecule has 2 aromatic heterocycles. The summed E-state index contributed by atoms with van der Waals surface area (Å²) in [6.45, 7) is 2.83. The number of benzene rings is 2. The van der Waals surface area contributed by atoms with E-state index in [1.54, 1.807) is 43.6 Å². The Bertz CT molecular complexity index is 1540. The molecule has 0 aliphatic carbocycles. The average molecular weight is 529 g/mol. The van der Waals surface area contributed by atoms with Crippen molar-refractivity contribution in [3.63, 3.8) is 0 Å². The van der Waals surface area contributed by atoms with Crippen LogP contribution in [0.15, 0.2) is 59.8 Å². The minimum absolute atomic E-state index is 0.00971. The highest BCUT2D eigenvalue weighted by Crippen LogP contribution is 2.32. The number of carbonyl (C=O) groups is 1.